The van der Waals surface area contributed by atoms with Gasteiger partial charge in [0.15, 0.2) is 5.82 Å². The third kappa shape index (κ3) is 2.35. The molecule has 2 rings (SSSR count). The highest BCUT2D eigenvalue weighted by Gasteiger charge is 2.43. The molecule has 5 heteroatoms. The van der Waals surface area contributed by atoms with Crippen LogP contribution in [0.4, 0.5) is 0 Å². The maximum atomic E-state index is 10.9. The summed E-state index contributed by atoms with van der Waals surface area (Å²) in [4.78, 5) is 13.5. The molecular formula is C11H19N3O2. The molecular weight excluding hydrogens is 206 g/mol. The number of nitrogens with two attached hydrogens (primary N) is 1. The molecule has 1 heterocycles. The summed E-state index contributed by atoms with van der Waals surface area (Å²) in [6.45, 7) is 2.71. The molecule has 16 heavy (non-hydrogen) atoms. The van der Waals surface area contributed by atoms with Crippen LogP contribution in [0.2, 0.25) is 0 Å². The first-order valence-corrected chi connectivity index (χ1v) is 5.95. The Kier molecular flexibility index (Phi) is 3.14. The summed E-state index contributed by atoms with van der Waals surface area (Å²) in [6.07, 6.45) is 6.01. The lowest BCUT2D eigenvalue weighted by molar-refractivity contribution is 0.352. The molecule has 1 atom stereocenters. The zero-order valence-electron chi connectivity index (χ0n) is 9.66. The molecule has 90 valence electrons. The van der Waals surface area contributed by atoms with E-state index in [2.05, 4.69) is 21.6 Å². The van der Waals surface area contributed by atoms with Gasteiger partial charge < -0.3 is 5.73 Å². The highest BCUT2D eigenvalue weighted by atomic mass is 16.5. The van der Waals surface area contributed by atoms with E-state index in [0.717, 1.165) is 6.42 Å². The minimum Gasteiger partial charge on any atom is -0.330 e. The standard InChI is InChI=1S/C11H19N3O2/c1-2-3-11(4-5-11)6-8(7-12)9-13-10(15)16-14-9/h8H,2-7,12H2,1H3,(H,13,14,15). The van der Waals surface area contributed by atoms with Crippen molar-refractivity contribution >= 4 is 0 Å². The number of nitrogens with one attached hydrogen (secondary N) is 1. The van der Waals surface area contributed by atoms with Crippen molar-refractivity contribution in [1.82, 2.24) is 10.1 Å². The van der Waals surface area contributed by atoms with Crippen molar-refractivity contribution in [3.05, 3.63) is 16.4 Å². The lowest BCUT2D eigenvalue weighted by Gasteiger charge is -2.19. The predicted molar refractivity (Wildman–Crippen MR) is 60.1 cm³/mol. The van der Waals surface area contributed by atoms with Crippen molar-refractivity contribution in [3.8, 4) is 0 Å². The van der Waals surface area contributed by atoms with E-state index in [1.165, 1.54) is 25.7 Å². The van der Waals surface area contributed by atoms with Gasteiger partial charge in [-0.1, -0.05) is 18.5 Å². The van der Waals surface area contributed by atoms with E-state index in [-0.39, 0.29) is 5.92 Å². The Morgan fingerprint density at radius 3 is 2.81 bits per heavy atom. The molecule has 0 aromatic carbocycles. The van der Waals surface area contributed by atoms with Crippen LogP contribution in [0.1, 0.15) is 50.8 Å². The number of hydrogen-bond donors (Lipinski definition) is 2. The summed E-state index contributed by atoms with van der Waals surface area (Å²) >= 11 is 0. The van der Waals surface area contributed by atoms with Gasteiger partial charge in [-0.25, -0.2) is 4.79 Å². The number of nitrogens with zero attached hydrogens (tertiary/aromatic N) is 1. The molecule has 1 fully saturated rings. The van der Waals surface area contributed by atoms with E-state index in [9.17, 15) is 4.79 Å². The van der Waals surface area contributed by atoms with E-state index < -0.39 is 5.76 Å². The van der Waals surface area contributed by atoms with Crippen LogP contribution in [0.15, 0.2) is 9.32 Å². The summed E-state index contributed by atoms with van der Waals surface area (Å²) in [5.41, 5.74) is 6.19. The van der Waals surface area contributed by atoms with Gasteiger partial charge in [-0.15, -0.1) is 0 Å². The Morgan fingerprint density at radius 1 is 1.62 bits per heavy atom. The smallest absolute Gasteiger partial charge is 0.330 e. The number of aromatic amines is 1. The molecule has 0 amide bonds. The number of rotatable bonds is 6. The van der Waals surface area contributed by atoms with Crippen LogP contribution in [0.3, 0.4) is 0 Å². The second kappa shape index (κ2) is 4.41. The topological polar surface area (TPSA) is 84.9 Å². The van der Waals surface area contributed by atoms with Crippen LogP contribution in [0.25, 0.3) is 0 Å². The average Bonchev–Trinajstić information content (AvgIpc) is 2.89. The molecule has 1 unspecified atom stereocenters. The van der Waals surface area contributed by atoms with Gasteiger partial charge in [0.25, 0.3) is 0 Å². The maximum Gasteiger partial charge on any atom is 0.438 e. The molecule has 0 aliphatic heterocycles. The molecule has 0 saturated heterocycles. The fourth-order valence-corrected chi connectivity index (χ4v) is 2.50. The first kappa shape index (κ1) is 11.4. The molecule has 1 aromatic rings. The fourth-order valence-electron chi connectivity index (χ4n) is 2.50. The van der Waals surface area contributed by atoms with Gasteiger partial charge in [0.1, 0.15) is 0 Å². The molecule has 1 aliphatic rings. The van der Waals surface area contributed by atoms with Crippen LogP contribution < -0.4 is 11.5 Å². The van der Waals surface area contributed by atoms with Gasteiger partial charge in [-0.2, -0.15) is 0 Å². The van der Waals surface area contributed by atoms with Crippen LogP contribution in [0.5, 0.6) is 0 Å². The highest BCUT2D eigenvalue weighted by Crippen LogP contribution is 2.55. The summed E-state index contributed by atoms with van der Waals surface area (Å²) in [7, 11) is 0. The SMILES string of the molecule is CCCC1(CC(CN)c2noc(=O)[nH]2)CC1. The summed E-state index contributed by atoms with van der Waals surface area (Å²) in [5, 5.41) is 3.74. The first-order valence-electron chi connectivity index (χ1n) is 5.95. The monoisotopic (exact) mass is 225 g/mol. The largest absolute Gasteiger partial charge is 0.438 e. The van der Waals surface area contributed by atoms with Crippen molar-refractivity contribution in [2.45, 2.75) is 44.9 Å². The van der Waals surface area contributed by atoms with E-state index in [4.69, 9.17) is 5.73 Å². The molecule has 1 aromatic heterocycles. The van der Waals surface area contributed by atoms with Crippen LogP contribution in [-0.4, -0.2) is 16.7 Å². The van der Waals surface area contributed by atoms with E-state index in [1.807, 2.05) is 0 Å². The fraction of sp³-hybridized carbons (Fsp3) is 0.818. The zero-order chi connectivity index (χ0) is 11.6. The third-order valence-electron chi connectivity index (χ3n) is 3.55. The Bertz CT molecular complexity index is 392. The average molecular weight is 225 g/mol. The first-order chi connectivity index (χ1) is 7.69. The van der Waals surface area contributed by atoms with Gasteiger partial charge in [-0.05, 0) is 31.1 Å². The number of H-pyrrole nitrogens is 1. The van der Waals surface area contributed by atoms with E-state index >= 15 is 0 Å². The Hall–Kier alpha value is -1.10. The third-order valence-corrected chi connectivity index (χ3v) is 3.55. The second-order valence-electron chi connectivity index (χ2n) is 4.87. The van der Waals surface area contributed by atoms with Gasteiger partial charge in [0.2, 0.25) is 0 Å². The Balaban J connectivity index is 2.03. The van der Waals surface area contributed by atoms with Gasteiger partial charge in [0, 0.05) is 12.5 Å². The summed E-state index contributed by atoms with van der Waals surface area (Å²) in [5.74, 6) is 0.240. The molecule has 5 nitrogen and oxygen atoms in total. The predicted octanol–water partition coefficient (Wildman–Crippen LogP) is 1.38. The molecule has 0 spiro atoms. The van der Waals surface area contributed by atoms with Crippen LogP contribution in [-0.2, 0) is 0 Å². The molecule has 0 bridgehead atoms. The van der Waals surface area contributed by atoms with E-state index in [1.54, 1.807) is 0 Å². The van der Waals surface area contributed by atoms with Crippen LogP contribution >= 0.6 is 0 Å². The van der Waals surface area contributed by atoms with Crippen molar-refractivity contribution in [2.75, 3.05) is 6.54 Å². The Morgan fingerprint density at radius 2 is 2.38 bits per heavy atom. The number of hydrogen-bond acceptors (Lipinski definition) is 4. The van der Waals surface area contributed by atoms with Crippen molar-refractivity contribution in [3.63, 3.8) is 0 Å². The van der Waals surface area contributed by atoms with Crippen LogP contribution in [0, 0.1) is 5.41 Å². The number of aromatic nitrogens is 2. The zero-order valence-corrected chi connectivity index (χ0v) is 9.66. The molecule has 0 radical (unpaired) electrons. The minimum atomic E-state index is -0.492. The normalized spacial score (nSPS) is 19.6. The summed E-state index contributed by atoms with van der Waals surface area (Å²) < 4.78 is 4.53. The van der Waals surface area contributed by atoms with Crippen molar-refractivity contribution < 1.29 is 4.52 Å². The van der Waals surface area contributed by atoms with Gasteiger partial charge in [0.05, 0.1) is 0 Å². The quantitative estimate of drug-likeness (QED) is 0.765. The molecule has 1 saturated carbocycles. The lowest BCUT2D eigenvalue weighted by Crippen LogP contribution is -2.19. The van der Waals surface area contributed by atoms with Crippen molar-refractivity contribution in [2.24, 2.45) is 11.1 Å². The van der Waals surface area contributed by atoms with E-state index in [0.29, 0.717) is 17.8 Å². The molecule has 3 N–H and O–H groups in total. The summed E-state index contributed by atoms with van der Waals surface area (Å²) in [6, 6.07) is 0. The molecule has 1 aliphatic carbocycles. The highest BCUT2D eigenvalue weighted by molar-refractivity contribution is 5.02. The lowest BCUT2D eigenvalue weighted by atomic mass is 9.88. The van der Waals surface area contributed by atoms with Gasteiger partial charge in [-0.3, -0.25) is 9.51 Å². The Labute approximate surface area is 94.4 Å². The second-order valence-corrected chi connectivity index (χ2v) is 4.87. The maximum absolute atomic E-state index is 10.9. The van der Waals surface area contributed by atoms with Crippen molar-refractivity contribution in [1.29, 1.82) is 0 Å². The van der Waals surface area contributed by atoms with Gasteiger partial charge >= 0.3 is 5.76 Å². The minimum absolute atomic E-state index is 0.125.